The van der Waals surface area contributed by atoms with Gasteiger partial charge < -0.3 is 5.32 Å². The number of para-hydroxylation sites is 1. The highest BCUT2D eigenvalue weighted by Crippen LogP contribution is 2.14. The molecule has 0 radical (unpaired) electrons. The van der Waals surface area contributed by atoms with E-state index in [0.29, 0.717) is 0 Å². The van der Waals surface area contributed by atoms with E-state index in [0.717, 1.165) is 30.2 Å². The second kappa shape index (κ2) is 7.22. The molecule has 3 heteroatoms. The average molecular weight is 263 g/mol. The van der Waals surface area contributed by atoms with Crippen molar-refractivity contribution < 1.29 is 0 Å². The molecule has 2 nitrogen and oxygen atoms in total. The molecule has 0 aliphatic heterocycles. The predicted octanol–water partition coefficient (Wildman–Crippen LogP) is 4.45. The highest BCUT2D eigenvalue weighted by molar-refractivity contribution is 6.17. The number of unbranched alkanes of at least 4 members (excludes halogenated alkanes) is 3. The first-order valence-corrected chi connectivity index (χ1v) is 7.09. The first kappa shape index (κ1) is 13.2. The van der Waals surface area contributed by atoms with E-state index in [1.165, 1.54) is 24.6 Å². The summed E-state index contributed by atoms with van der Waals surface area (Å²) in [5.74, 6) is 1.74. The first-order chi connectivity index (χ1) is 8.90. The van der Waals surface area contributed by atoms with Crippen molar-refractivity contribution in [3.05, 3.63) is 36.4 Å². The van der Waals surface area contributed by atoms with Gasteiger partial charge in [-0.25, -0.2) is 4.98 Å². The number of hydrogen-bond donors (Lipinski definition) is 1. The smallest absolute Gasteiger partial charge is 0.126 e. The summed E-state index contributed by atoms with van der Waals surface area (Å²) in [7, 11) is 0. The molecule has 0 saturated heterocycles. The minimum absolute atomic E-state index is 0.777. The summed E-state index contributed by atoms with van der Waals surface area (Å²) in [5, 5.41) is 4.55. The van der Waals surface area contributed by atoms with E-state index in [2.05, 4.69) is 22.4 Å². The molecule has 0 aliphatic carbocycles. The minimum Gasteiger partial charge on any atom is -0.370 e. The summed E-state index contributed by atoms with van der Waals surface area (Å²) in [4.78, 5) is 4.58. The van der Waals surface area contributed by atoms with E-state index in [4.69, 9.17) is 11.6 Å². The Hall–Kier alpha value is -1.28. The molecule has 0 fully saturated rings. The Morgan fingerprint density at radius 1 is 0.944 bits per heavy atom. The van der Waals surface area contributed by atoms with Crippen molar-refractivity contribution in [3.63, 3.8) is 0 Å². The Labute approximate surface area is 113 Å². The maximum atomic E-state index is 5.64. The molecule has 0 bridgehead atoms. The van der Waals surface area contributed by atoms with Crippen LogP contribution in [0.25, 0.3) is 10.9 Å². The van der Waals surface area contributed by atoms with E-state index < -0.39 is 0 Å². The molecular formula is C15H19ClN2. The molecule has 0 atom stereocenters. The molecule has 0 unspecified atom stereocenters. The van der Waals surface area contributed by atoms with Gasteiger partial charge in [-0.05, 0) is 31.0 Å². The molecule has 2 aromatic rings. The van der Waals surface area contributed by atoms with Crippen molar-refractivity contribution in [2.24, 2.45) is 0 Å². The average Bonchev–Trinajstić information content (AvgIpc) is 2.42. The van der Waals surface area contributed by atoms with Gasteiger partial charge in [-0.1, -0.05) is 31.0 Å². The third-order valence-corrected chi connectivity index (χ3v) is 3.23. The van der Waals surface area contributed by atoms with Gasteiger partial charge in [-0.15, -0.1) is 11.6 Å². The van der Waals surface area contributed by atoms with Crippen LogP contribution >= 0.6 is 11.6 Å². The number of nitrogens with zero attached hydrogens (tertiary/aromatic N) is 1. The summed E-state index contributed by atoms with van der Waals surface area (Å²) < 4.78 is 0. The lowest BCUT2D eigenvalue weighted by Gasteiger charge is -2.06. The summed E-state index contributed by atoms with van der Waals surface area (Å²) >= 11 is 5.64. The molecule has 1 N–H and O–H groups in total. The topological polar surface area (TPSA) is 24.9 Å². The number of benzene rings is 1. The number of aromatic nitrogens is 1. The molecular weight excluding hydrogens is 244 g/mol. The second-order valence-electron chi connectivity index (χ2n) is 4.42. The third-order valence-electron chi connectivity index (χ3n) is 2.96. The quantitative estimate of drug-likeness (QED) is 0.589. The molecule has 96 valence electrons. The van der Waals surface area contributed by atoms with Crippen LogP contribution in [0.3, 0.4) is 0 Å². The number of alkyl halides is 1. The van der Waals surface area contributed by atoms with Crippen LogP contribution in [0.1, 0.15) is 25.7 Å². The fraction of sp³-hybridized carbons (Fsp3) is 0.400. The highest BCUT2D eigenvalue weighted by Gasteiger charge is 1.96. The number of fused-ring (bicyclic) bond motifs is 1. The second-order valence-corrected chi connectivity index (χ2v) is 4.80. The van der Waals surface area contributed by atoms with Crippen LogP contribution < -0.4 is 5.32 Å². The Morgan fingerprint density at radius 2 is 1.78 bits per heavy atom. The zero-order valence-corrected chi connectivity index (χ0v) is 11.3. The van der Waals surface area contributed by atoms with E-state index in [1.807, 2.05) is 24.3 Å². The lowest BCUT2D eigenvalue weighted by atomic mass is 10.2. The summed E-state index contributed by atoms with van der Waals surface area (Å²) in [6, 6.07) is 12.3. The zero-order chi connectivity index (χ0) is 12.6. The van der Waals surface area contributed by atoms with Crippen LogP contribution in [0, 0.1) is 0 Å². The van der Waals surface area contributed by atoms with Crippen LogP contribution in [0.2, 0.25) is 0 Å². The van der Waals surface area contributed by atoms with Gasteiger partial charge in [-0.2, -0.15) is 0 Å². The van der Waals surface area contributed by atoms with Crippen molar-refractivity contribution in [2.75, 3.05) is 17.7 Å². The number of hydrogen-bond acceptors (Lipinski definition) is 2. The number of halogens is 1. The van der Waals surface area contributed by atoms with Gasteiger partial charge in [0.2, 0.25) is 0 Å². The number of nitrogens with one attached hydrogen (secondary N) is 1. The van der Waals surface area contributed by atoms with Crippen LogP contribution in [-0.4, -0.2) is 17.4 Å². The first-order valence-electron chi connectivity index (χ1n) is 6.56. The highest BCUT2D eigenvalue weighted by atomic mass is 35.5. The van der Waals surface area contributed by atoms with Crippen molar-refractivity contribution in [1.82, 2.24) is 4.98 Å². The van der Waals surface area contributed by atoms with Crippen molar-refractivity contribution >= 4 is 28.3 Å². The van der Waals surface area contributed by atoms with Gasteiger partial charge in [0.1, 0.15) is 5.82 Å². The van der Waals surface area contributed by atoms with E-state index >= 15 is 0 Å². The maximum Gasteiger partial charge on any atom is 0.126 e. The molecule has 1 heterocycles. The van der Waals surface area contributed by atoms with Crippen molar-refractivity contribution in [1.29, 1.82) is 0 Å². The van der Waals surface area contributed by atoms with E-state index in [1.54, 1.807) is 0 Å². The summed E-state index contributed by atoms with van der Waals surface area (Å²) in [6.07, 6.45) is 4.74. The van der Waals surface area contributed by atoms with Gasteiger partial charge in [0.25, 0.3) is 0 Å². The molecule has 0 saturated carbocycles. The lowest BCUT2D eigenvalue weighted by Crippen LogP contribution is -2.03. The zero-order valence-electron chi connectivity index (χ0n) is 10.5. The SMILES string of the molecule is ClCCCCCCNc1ccc2ccccc2n1. The van der Waals surface area contributed by atoms with Crippen LogP contribution in [0.5, 0.6) is 0 Å². The Morgan fingerprint density at radius 3 is 2.67 bits per heavy atom. The number of pyridine rings is 1. The normalized spacial score (nSPS) is 10.7. The molecule has 0 aliphatic rings. The van der Waals surface area contributed by atoms with E-state index in [-0.39, 0.29) is 0 Å². The Kier molecular flexibility index (Phi) is 5.28. The molecule has 0 spiro atoms. The molecule has 0 amide bonds. The van der Waals surface area contributed by atoms with E-state index in [9.17, 15) is 0 Å². The van der Waals surface area contributed by atoms with Gasteiger partial charge >= 0.3 is 0 Å². The standard InChI is InChI=1S/C15H19ClN2/c16-11-5-1-2-6-12-17-15-10-9-13-7-3-4-8-14(13)18-15/h3-4,7-10H,1-2,5-6,11-12H2,(H,17,18). The number of rotatable bonds is 7. The largest absolute Gasteiger partial charge is 0.370 e. The van der Waals surface area contributed by atoms with Gasteiger partial charge in [-0.3, -0.25) is 0 Å². The Balaban J connectivity index is 1.81. The van der Waals surface area contributed by atoms with Crippen molar-refractivity contribution in [3.8, 4) is 0 Å². The fourth-order valence-electron chi connectivity index (χ4n) is 1.95. The van der Waals surface area contributed by atoms with Crippen molar-refractivity contribution in [2.45, 2.75) is 25.7 Å². The minimum atomic E-state index is 0.777. The molecule has 1 aromatic carbocycles. The fourth-order valence-corrected chi connectivity index (χ4v) is 2.14. The number of anilines is 1. The molecule has 1 aromatic heterocycles. The van der Waals surface area contributed by atoms with Crippen LogP contribution in [0.4, 0.5) is 5.82 Å². The predicted molar refractivity (Wildman–Crippen MR) is 79.4 cm³/mol. The van der Waals surface area contributed by atoms with Crippen LogP contribution in [0.15, 0.2) is 36.4 Å². The molecule has 2 rings (SSSR count). The van der Waals surface area contributed by atoms with Crippen LogP contribution in [-0.2, 0) is 0 Å². The summed E-state index contributed by atoms with van der Waals surface area (Å²) in [6.45, 7) is 0.980. The third kappa shape index (κ3) is 3.88. The lowest BCUT2D eigenvalue weighted by molar-refractivity contribution is 0.687. The van der Waals surface area contributed by atoms with Gasteiger partial charge in [0, 0.05) is 17.8 Å². The Bertz CT molecular complexity index is 485. The maximum absolute atomic E-state index is 5.64. The monoisotopic (exact) mass is 262 g/mol. The molecule has 18 heavy (non-hydrogen) atoms. The van der Waals surface area contributed by atoms with Gasteiger partial charge in [0.15, 0.2) is 0 Å². The van der Waals surface area contributed by atoms with Gasteiger partial charge in [0.05, 0.1) is 5.52 Å². The summed E-state index contributed by atoms with van der Waals surface area (Å²) in [5.41, 5.74) is 1.05.